The fraction of sp³-hybridized carbons (Fsp3) is 0.824. The molecule has 0 N–H and O–H groups in total. The summed E-state index contributed by atoms with van der Waals surface area (Å²) in [5, 5.41) is 4.21. The lowest BCUT2D eigenvalue weighted by Crippen LogP contribution is -2.32. The molecule has 0 aliphatic rings. The number of hydrogen-bond acceptors (Lipinski definition) is 1. The van der Waals surface area contributed by atoms with Crippen LogP contribution in [0.4, 0.5) is 8.78 Å². The molecule has 1 aromatic heterocycles. The largest absolute Gasteiger partial charge is 0.282 e. The summed E-state index contributed by atoms with van der Waals surface area (Å²) in [5.41, 5.74) is -0.246. The van der Waals surface area contributed by atoms with Crippen LogP contribution >= 0.6 is 22.6 Å². The van der Waals surface area contributed by atoms with Gasteiger partial charge >= 0.3 is 0 Å². The Morgan fingerprint density at radius 1 is 1.09 bits per heavy atom. The van der Waals surface area contributed by atoms with Gasteiger partial charge in [-0.15, -0.1) is 0 Å². The van der Waals surface area contributed by atoms with Crippen molar-refractivity contribution in [3.8, 4) is 0 Å². The Bertz CT molecular complexity index is 434. The van der Waals surface area contributed by atoms with Gasteiger partial charge in [-0.2, -0.15) is 5.10 Å². The molecule has 1 heterocycles. The van der Waals surface area contributed by atoms with Crippen LogP contribution in [-0.4, -0.2) is 9.78 Å². The van der Waals surface area contributed by atoms with Gasteiger partial charge in [-0.05, 0) is 48.4 Å². The van der Waals surface area contributed by atoms with Crippen LogP contribution in [0.15, 0.2) is 6.07 Å². The minimum absolute atomic E-state index is 0.0990. The van der Waals surface area contributed by atoms with Crippen molar-refractivity contribution in [1.29, 1.82) is 0 Å². The summed E-state index contributed by atoms with van der Waals surface area (Å²) < 4.78 is 28.5. The summed E-state index contributed by atoms with van der Waals surface area (Å²) in [6.45, 7) is 6.55. The summed E-state index contributed by atoms with van der Waals surface area (Å²) >= 11 is 2.13. The third kappa shape index (κ3) is 5.78. The first kappa shape index (κ1) is 19.8. The van der Waals surface area contributed by atoms with Crippen LogP contribution in [-0.2, 0) is 5.54 Å². The van der Waals surface area contributed by atoms with Crippen LogP contribution < -0.4 is 0 Å². The topological polar surface area (TPSA) is 17.8 Å². The number of nitrogens with zero attached hydrogens (tertiary/aromatic N) is 2. The Morgan fingerprint density at radius 2 is 1.68 bits per heavy atom. The Labute approximate surface area is 147 Å². The molecular formula is C17H29F2IN2. The van der Waals surface area contributed by atoms with E-state index in [0.29, 0.717) is 0 Å². The summed E-state index contributed by atoms with van der Waals surface area (Å²) in [5.74, 6) is 0. The lowest BCUT2D eigenvalue weighted by atomic mass is 9.89. The van der Waals surface area contributed by atoms with E-state index in [1.165, 1.54) is 31.7 Å². The second-order valence-electron chi connectivity index (χ2n) is 6.37. The number of halogens is 3. The Balaban J connectivity index is 2.81. The molecule has 0 saturated heterocycles. The summed E-state index contributed by atoms with van der Waals surface area (Å²) in [6.07, 6.45) is 7.87. The van der Waals surface area contributed by atoms with E-state index in [1.807, 2.05) is 4.68 Å². The Kier molecular flexibility index (Phi) is 8.87. The molecule has 0 radical (unpaired) electrons. The fourth-order valence-corrected chi connectivity index (χ4v) is 3.87. The lowest BCUT2D eigenvalue weighted by molar-refractivity contribution is 0.141. The molecule has 1 atom stereocenters. The molecule has 0 saturated carbocycles. The van der Waals surface area contributed by atoms with Gasteiger partial charge in [0.15, 0.2) is 0 Å². The SMILES string of the molecule is CCCCCCCC(C)(CCCC)n1nc(C(F)F)cc1I. The zero-order valence-corrected chi connectivity index (χ0v) is 16.2. The number of unbranched alkanes of at least 4 members (excludes halogenated alkanes) is 5. The van der Waals surface area contributed by atoms with Crippen molar-refractivity contribution >= 4 is 22.6 Å². The summed E-state index contributed by atoms with van der Waals surface area (Å²) in [4.78, 5) is 0. The maximum absolute atomic E-state index is 12.9. The first-order valence-electron chi connectivity index (χ1n) is 8.48. The van der Waals surface area contributed by atoms with Crippen molar-refractivity contribution in [3.63, 3.8) is 0 Å². The fourth-order valence-electron chi connectivity index (χ4n) is 2.86. The van der Waals surface area contributed by atoms with Gasteiger partial charge in [-0.25, -0.2) is 8.78 Å². The van der Waals surface area contributed by atoms with Crippen molar-refractivity contribution in [3.05, 3.63) is 15.5 Å². The average molecular weight is 426 g/mol. The van der Waals surface area contributed by atoms with E-state index in [-0.39, 0.29) is 11.2 Å². The van der Waals surface area contributed by atoms with Gasteiger partial charge in [-0.3, -0.25) is 4.68 Å². The molecule has 128 valence electrons. The van der Waals surface area contributed by atoms with Crippen LogP contribution in [0, 0.1) is 3.70 Å². The monoisotopic (exact) mass is 426 g/mol. The first-order chi connectivity index (χ1) is 10.4. The van der Waals surface area contributed by atoms with Crippen molar-refractivity contribution in [2.24, 2.45) is 0 Å². The minimum atomic E-state index is -2.49. The number of alkyl halides is 2. The van der Waals surface area contributed by atoms with Crippen LogP contribution in [0.3, 0.4) is 0 Å². The molecule has 0 spiro atoms. The number of aromatic nitrogens is 2. The summed E-state index contributed by atoms with van der Waals surface area (Å²) in [7, 11) is 0. The number of hydrogen-bond donors (Lipinski definition) is 0. The van der Waals surface area contributed by atoms with E-state index >= 15 is 0 Å². The molecule has 0 aliphatic heterocycles. The van der Waals surface area contributed by atoms with Gasteiger partial charge in [0.2, 0.25) is 0 Å². The van der Waals surface area contributed by atoms with Gasteiger partial charge in [0.25, 0.3) is 6.43 Å². The highest BCUT2D eigenvalue weighted by Gasteiger charge is 2.29. The third-order valence-electron chi connectivity index (χ3n) is 4.31. The van der Waals surface area contributed by atoms with E-state index in [2.05, 4.69) is 48.5 Å². The molecule has 1 rings (SSSR count). The standard InChI is InChI=1S/C17H29F2IN2/c1-4-6-8-9-10-12-17(3,11-7-5-2)22-15(20)13-14(21-22)16(18)19/h13,16H,4-12H2,1-3H3. The zero-order valence-electron chi connectivity index (χ0n) is 14.0. The highest BCUT2D eigenvalue weighted by atomic mass is 127. The Hall–Kier alpha value is -0.200. The van der Waals surface area contributed by atoms with E-state index in [9.17, 15) is 8.78 Å². The normalized spacial score (nSPS) is 14.5. The molecule has 1 unspecified atom stereocenters. The number of rotatable bonds is 11. The smallest absolute Gasteiger partial charge is 0.253 e. The van der Waals surface area contributed by atoms with E-state index in [1.54, 1.807) is 0 Å². The van der Waals surface area contributed by atoms with Crippen molar-refractivity contribution in [1.82, 2.24) is 9.78 Å². The third-order valence-corrected chi connectivity index (χ3v) is 5.08. The minimum Gasteiger partial charge on any atom is -0.253 e. The lowest BCUT2D eigenvalue weighted by Gasteiger charge is -2.31. The van der Waals surface area contributed by atoms with E-state index in [4.69, 9.17) is 0 Å². The van der Waals surface area contributed by atoms with Gasteiger partial charge in [0, 0.05) is 0 Å². The van der Waals surface area contributed by atoms with Gasteiger partial charge in [0.05, 0.1) is 5.54 Å². The van der Waals surface area contributed by atoms with Crippen molar-refractivity contribution in [2.45, 2.75) is 90.5 Å². The average Bonchev–Trinajstić information content (AvgIpc) is 2.88. The summed E-state index contributed by atoms with van der Waals surface area (Å²) in [6, 6.07) is 1.52. The molecular weight excluding hydrogens is 397 g/mol. The quantitative estimate of drug-likeness (QED) is 0.285. The van der Waals surface area contributed by atoms with Crippen LogP contribution in [0.25, 0.3) is 0 Å². The van der Waals surface area contributed by atoms with Crippen LogP contribution in [0.5, 0.6) is 0 Å². The molecule has 22 heavy (non-hydrogen) atoms. The second-order valence-corrected chi connectivity index (χ2v) is 7.47. The van der Waals surface area contributed by atoms with Crippen LogP contribution in [0.1, 0.15) is 90.7 Å². The van der Waals surface area contributed by atoms with Gasteiger partial charge < -0.3 is 0 Å². The molecule has 0 aliphatic carbocycles. The maximum atomic E-state index is 12.9. The molecule has 0 amide bonds. The van der Waals surface area contributed by atoms with Crippen molar-refractivity contribution < 1.29 is 8.78 Å². The maximum Gasteiger partial charge on any atom is 0.282 e. The molecule has 0 fully saturated rings. The molecule has 5 heteroatoms. The van der Waals surface area contributed by atoms with Gasteiger partial charge in [0.1, 0.15) is 9.39 Å². The van der Waals surface area contributed by atoms with E-state index in [0.717, 1.165) is 35.8 Å². The van der Waals surface area contributed by atoms with Crippen LogP contribution in [0.2, 0.25) is 0 Å². The predicted octanol–water partition coefficient (Wildman–Crippen LogP) is 6.69. The Morgan fingerprint density at radius 3 is 2.23 bits per heavy atom. The first-order valence-corrected chi connectivity index (χ1v) is 9.56. The zero-order chi connectivity index (χ0) is 16.6. The molecule has 0 aromatic carbocycles. The molecule has 1 aromatic rings. The highest BCUT2D eigenvalue weighted by molar-refractivity contribution is 14.1. The molecule has 0 bridgehead atoms. The van der Waals surface area contributed by atoms with Gasteiger partial charge in [-0.1, -0.05) is 58.8 Å². The predicted molar refractivity (Wildman–Crippen MR) is 96.5 cm³/mol. The van der Waals surface area contributed by atoms with Crippen molar-refractivity contribution in [2.75, 3.05) is 0 Å². The second kappa shape index (κ2) is 9.83. The highest BCUT2D eigenvalue weighted by Crippen LogP contribution is 2.33. The molecule has 2 nitrogen and oxygen atoms in total. The van der Waals surface area contributed by atoms with E-state index < -0.39 is 6.43 Å².